The van der Waals surface area contributed by atoms with Crippen molar-refractivity contribution in [3.8, 4) is 17.6 Å². The van der Waals surface area contributed by atoms with Crippen molar-refractivity contribution in [2.24, 2.45) is 0 Å². The Bertz CT molecular complexity index is 1320. The van der Waals surface area contributed by atoms with Crippen LogP contribution < -0.4 is 14.4 Å². The lowest BCUT2D eigenvalue weighted by Gasteiger charge is -2.25. The van der Waals surface area contributed by atoms with Crippen LogP contribution in [0.15, 0.2) is 78.4 Å². The summed E-state index contributed by atoms with van der Waals surface area (Å²) in [5, 5.41) is 20.4. The molecule has 35 heavy (non-hydrogen) atoms. The fourth-order valence-corrected chi connectivity index (χ4v) is 4.06. The number of benzene rings is 3. The van der Waals surface area contributed by atoms with E-state index >= 15 is 0 Å². The van der Waals surface area contributed by atoms with Crippen LogP contribution in [0.2, 0.25) is 0 Å². The van der Waals surface area contributed by atoms with Crippen molar-refractivity contribution >= 4 is 23.1 Å². The van der Waals surface area contributed by atoms with Crippen LogP contribution in [0.3, 0.4) is 0 Å². The number of para-hydroxylation sites is 1. The van der Waals surface area contributed by atoms with Crippen LogP contribution >= 0.6 is 0 Å². The molecule has 1 amide bonds. The molecule has 1 aliphatic heterocycles. The Balaban J connectivity index is 1.89. The number of aliphatic hydroxyl groups excluding tert-OH is 1. The van der Waals surface area contributed by atoms with E-state index in [2.05, 4.69) is 0 Å². The largest absolute Gasteiger partial charge is 0.507 e. The van der Waals surface area contributed by atoms with Crippen LogP contribution in [0.5, 0.6) is 11.5 Å². The number of hydrogen-bond donors (Lipinski definition) is 1. The molecule has 7 nitrogen and oxygen atoms in total. The van der Waals surface area contributed by atoms with E-state index in [9.17, 15) is 14.7 Å². The SMILES string of the molecule is CCCOc1ccc(C2/C(=C(/O)c3ccccc3OC)C(=O)C(=O)N2c2ccc(C#N)cc2)cc1. The summed E-state index contributed by atoms with van der Waals surface area (Å²) in [6.07, 6.45) is 0.861. The van der Waals surface area contributed by atoms with Gasteiger partial charge in [0.25, 0.3) is 11.7 Å². The minimum atomic E-state index is -0.895. The minimum Gasteiger partial charge on any atom is -0.507 e. The van der Waals surface area contributed by atoms with Crippen molar-refractivity contribution in [1.82, 2.24) is 0 Å². The van der Waals surface area contributed by atoms with Gasteiger partial charge in [-0.1, -0.05) is 31.2 Å². The highest BCUT2D eigenvalue weighted by molar-refractivity contribution is 6.51. The van der Waals surface area contributed by atoms with Crippen molar-refractivity contribution in [3.63, 3.8) is 0 Å². The standard InChI is InChI=1S/C28H24N2O5/c1-3-16-35-21-14-10-19(11-15-21)25-24(26(31)22-6-4-5-7-23(22)34-2)27(32)28(33)30(25)20-12-8-18(17-29)9-13-20/h4-15,25,31H,3,16H2,1-2H3/b26-24-. The van der Waals surface area contributed by atoms with Crippen LogP contribution in [0.25, 0.3) is 5.76 Å². The van der Waals surface area contributed by atoms with E-state index in [0.717, 1.165) is 6.42 Å². The van der Waals surface area contributed by atoms with E-state index in [1.807, 2.05) is 13.0 Å². The van der Waals surface area contributed by atoms with Gasteiger partial charge < -0.3 is 14.6 Å². The number of rotatable bonds is 7. The molecule has 0 saturated carbocycles. The van der Waals surface area contributed by atoms with E-state index in [1.165, 1.54) is 12.0 Å². The Morgan fingerprint density at radius 2 is 1.71 bits per heavy atom. The van der Waals surface area contributed by atoms with Crippen LogP contribution in [0.1, 0.15) is 36.1 Å². The quantitative estimate of drug-likeness (QED) is 0.298. The highest BCUT2D eigenvalue weighted by atomic mass is 16.5. The van der Waals surface area contributed by atoms with Crippen molar-refractivity contribution in [2.75, 3.05) is 18.6 Å². The Kier molecular flexibility index (Phi) is 6.83. The summed E-state index contributed by atoms with van der Waals surface area (Å²) in [6, 6.07) is 21.4. The molecule has 176 valence electrons. The Hall–Kier alpha value is -4.57. The molecule has 1 heterocycles. The van der Waals surface area contributed by atoms with Gasteiger partial charge in [-0.15, -0.1) is 0 Å². The number of ketones is 1. The first-order chi connectivity index (χ1) is 17.0. The monoisotopic (exact) mass is 468 g/mol. The maximum atomic E-state index is 13.3. The number of amides is 1. The third-order valence-corrected chi connectivity index (χ3v) is 5.75. The number of Topliss-reactive ketones (excluding diaryl/α,β-unsaturated/α-hetero) is 1. The van der Waals surface area contributed by atoms with Gasteiger partial charge in [-0.2, -0.15) is 5.26 Å². The summed E-state index contributed by atoms with van der Waals surface area (Å²) in [4.78, 5) is 27.9. The van der Waals surface area contributed by atoms with E-state index < -0.39 is 17.7 Å². The fraction of sp³-hybridized carbons (Fsp3) is 0.179. The summed E-state index contributed by atoms with van der Waals surface area (Å²) >= 11 is 0. The Morgan fingerprint density at radius 3 is 2.34 bits per heavy atom. The maximum Gasteiger partial charge on any atom is 0.300 e. The molecule has 1 atom stereocenters. The molecule has 1 N–H and O–H groups in total. The molecule has 0 spiro atoms. The van der Waals surface area contributed by atoms with Gasteiger partial charge >= 0.3 is 0 Å². The maximum absolute atomic E-state index is 13.3. The third kappa shape index (κ3) is 4.46. The number of ether oxygens (including phenoxy) is 2. The lowest BCUT2D eigenvalue weighted by molar-refractivity contribution is -0.132. The van der Waals surface area contributed by atoms with Gasteiger partial charge in [-0.05, 0) is 60.5 Å². The average molecular weight is 469 g/mol. The van der Waals surface area contributed by atoms with Gasteiger partial charge in [0.05, 0.1) is 42.5 Å². The number of nitriles is 1. The van der Waals surface area contributed by atoms with Gasteiger partial charge in [0.15, 0.2) is 0 Å². The molecule has 0 aromatic heterocycles. The first kappa shape index (κ1) is 23.6. The van der Waals surface area contributed by atoms with E-state index in [1.54, 1.807) is 72.8 Å². The molecule has 1 unspecified atom stereocenters. The third-order valence-electron chi connectivity index (χ3n) is 5.75. The number of carbonyl (C=O) groups is 2. The number of aliphatic hydroxyl groups is 1. The molecule has 0 aliphatic carbocycles. The predicted octanol–water partition coefficient (Wildman–Crippen LogP) is 4.98. The van der Waals surface area contributed by atoms with Gasteiger partial charge in [0.1, 0.15) is 17.3 Å². The zero-order valence-corrected chi connectivity index (χ0v) is 19.4. The Morgan fingerprint density at radius 1 is 1.03 bits per heavy atom. The molecule has 0 radical (unpaired) electrons. The molecule has 3 aromatic rings. The number of anilines is 1. The average Bonchev–Trinajstić information content (AvgIpc) is 3.17. The smallest absolute Gasteiger partial charge is 0.300 e. The van der Waals surface area contributed by atoms with Gasteiger partial charge in [-0.3, -0.25) is 14.5 Å². The highest BCUT2D eigenvalue weighted by Gasteiger charge is 2.47. The van der Waals surface area contributed by atoms with Crippen molar-refractivity contribution in [3.05, 3.63) is 95.1 Å². The zero-order chi connectivity index (χ0) is 24.9. The zero-order valence-electron chi connectivity index (χ0n) is 19.4. The van der Waals surface area contributed by atoms with E-state index in [0.29, 0.717) is 40.5 Å². The normalized spacial score (nSPS) is 16.7. The van der Waals surface area contributed by atoms with Crippen LogP contribution in [0, 0.1) is 11.3 Å². The van der Waals surface area contributed by atoms with Crippen LogP contribution in [-0.4, -0.2) is 30.5 Å². The number of methoxy groups -OCH3 is 1. The van der Waals surface area contributed by atoms with Gasteiger partial charge in [-0.25, -0.2) is 0 Å². The molecule has 3 aromatic carbocycles. The molecule has 1 fully saturated rings. The molecular weight excluding hydrogens is 444 g/mol. The second-order valence-electron chi connectivity index (χ2n) is 7.95. The second kappa shape index (κ2) is 10.1. The molecule has 1 saturated heterocycles. The molecule has 4 rings (SSSR count). The highest BCUT2D eigenvalue weighted by Crippen LogP contribution is 2.43. The second-order valence-corrected chi connectivity index (χ2v) is 7.95. The predicted molar refractivity (Wildman–Crippen MR) is 131 cm³/mol. The van der Waals surface area contributed by atoms with Crippen molar-refractivity contribution in [2.45, 2.75) is 19.4 Å². The molecular formula is C28H24N2O5. The number of hydrogen-bond acceptors (Lipinski definition) is 6. The summed E-state index contributed by atoms with van der Waals surface area (Å²) < 4.78 is 11.0. The van der Waals surface area contributed by atoms with Crippen LogP contribution in [-0.2, 0) is 9.59 Å². The summed E-state index contributed by atoms with van der Waals surface area (Å²) in [5.74, 6) is -0.878. The van der Waals surface area contributed by atoms with E-state index in [4.69, 9.17) is 14.7 Å². The Labute approximate surface area is 203 Å². The van der Waals surface area contributed by atoms with Crippen LogP contribution in [0.4, 0.5) is 5.69 Å². The summed E-state index contributed by atoms with van der Waals surface area (Å²) in [6.45, 7) is 2.58. The van der Waals surface area contributed by atoms with Gasteiger partial charge in [0, 0.05) is 5.69 Å². The first-order valence-electron chi connectivity index (χ1n) is 11.2. The molecule has 1 aliphatic rings. The fourth-order valence-electron chi connectivity index (χ4n) is 4.06. The summed E-state index contributed by atoms with van der Waals surface area (Å²) in [5.41, 5.74) is 1.73. The first-order valence-corrected chi connectivity index (χ1v) is 11.2. The number of carbonyl (C=O) groups excluding carboxylic acids is 2. The van der Waals surface area contributed by atoms with Crippen molar-refractivity contribution < 1.29 is 24.2 Å². The lowest BCUT2D eigenvalue weighted by atomic mass is 9.94. The summed E-state index contributed by atoms with van der Waals surface area (Å²) in [7, 11) is 1.47. The van der Waals surface area contributed by atoms with E-state index in [-0.39, 0.29) is 11.3 Å². The molecule has 7 heteroatoms. The van der Waals surface area contributed by atoms with Crippen molar-refractivity contribution in [1.29, 1.82) is 5.26 Å². The van der Waals surface area contributed by atoms with Gasteiger partial charge in [0.2, 0.25) is 0 Å². The number of nitrogens with zero attached hydrogens (tertiary/aromatic N) is 2. The lowest BCUT2D eigenvalue weighted by Crippen LogP contribution is -2.29. The minimum absolute atomic E-state index is 0.0499. The molecule has 0 bridgehead atoms. The topological polar surface area (TPSA) is 99.9 Å².